The van der Waals surface area contributed by atoms with Gasteiger partial charge in [-0.05, 0) is 30.7 Å². The third kappa shape index (κ3) is 4.02. The van der Waals surface area contributed by atoms with Crippen molar-refractivity contribution in [1.82, 2.24) is 9.88 Å². The normalized spacial score (nSPS) is 17.0. The van der Waals surface area contributed by atoms with Crippen molar-refractivity contribution < 1.29 is 9.90 Å². The molecule has 1 aliphatic heterocycles. The first-order chi connectivity index (χ1) is 11.7. The van der Waals surface area contributed by atoms with E-state index >= 15 is 0 Å². The van der Waals surface area contributed by atoms with E-state index in [9.17, 15) is 9.90 Å². The first-order valence-electron chi connectivity index (χ1n) is 8.61. The summed E-state index contributed by atoms with van der Waals surface area (Å²) in [6.45, 7) is 3.52. The fourth-order valence-electron chi connectivity index (χ4n) is 3.25. The quantitative estimate of drug-likeness (QED) is 0.906. The average molecular weight is 344 g/mol. The lowest BCUT2D eigenvalue weighted by atomic mass is 9.87. The van der Waals surface area contributed by atoms with Gasteiger partial charge in [0.2, 0.25) is 5.91 Å². The van der Waals surface area contributed by atoms with Crippen LogP contribution in [0, 0.1) is 5.92 Å². The van der Waals surface area contributed by atoms with Crippen LogP contribution in [0.3, 0.4) is 0 Å². The van der Waals surface area contributed by atoms with Gasteiger partial charge in [0.1, 0.15) is 0 Å². The maximum absolute atomic E-state index is 12.4. The second kappa shape index (κ2) is 7.90. The minimum Gasteiger partial charge on any atom is -0.388 e. The topological polar surface area (TPSA) is 53.4 Å². The molecule has 1 N–H and O–H groups in total. The predicted octanol–water partition coefficient (Wildman–Crippen LogP) is 3.22. The summed E-state index contributed by atoms with van der Waals surface area (Å²) in [5, 5.41) is 13.6. The van der Waals surface area contributed by atoms with Gasteiger partial charge in [-0.3, -0.25) is 4.79 Å². The van der Waals surface area contributed by atoms with Gasteiger partial charge in [-0.25, -0.2) is 4.98 Å². The van der Waals surface area contributed by atoms with Crippen molar-refractivity contribution in [2.75, 3.05) is 13.1 Å². The van der Waals surface area contributed by atoms with Crippen LogP contribution in [0.25, 0.3) is 0 Å². The van der Waals surface area contributed by atoms with E-state index in [1.54, 1.807) is 11.3 Å². The molecule has 1 fully saturated rings. The number of hydrogen-bond donors (Lipinski definition) is 1. The van der Waals surface area contributed by atoms with Crippen molar-refractivity contribution in [3.8, 4) is 0 Å². The number of nitrogens with zero attached hydrogens (tertiary/aromatic N) is 2. The highest BCUT2D eigenvalue weighted by atomic mass is 32.1. The Kier molecular flexibility index (Phi) is 5.63. The van der Waals surface area contributed by atoms with Gasteiger partial charge < -0.3 is 10.0 Å². The summed E-state index contributed by atoms with van der Waals surface area (Å²) in [5.41, 5.74) is 1.85. The Morgan fingerprint density at radius 3 is 2.67 bits per heavy atom. The smallest absolute Gasteiger partial charge is 0.228 e. The molecule has 1 aromatic heterocycles. The summed E-state index contributed by atoms with van der Waals surface area (Å²) in [6, 6.07) is 9.80. The summed E-state index contributed by atoms with van der Waals surface area (Å²) in [6.07, 6.45) is 2.57. The number of likely N-dealkylation sites (tertiary alicyclic amines) is 1. The summed E-state index contributed by atoms with van der Waals surface area (Å²) >= 11 is 1.63. The molecule has 2 heterocycles. The lowest BCUT2D eigenvalue weighted by molar-refractivity contribution is -0.132. The molecule has 0 radical (unpaired) electrons. The SMILES string of the molecule is CCc1nc(CC(=O)N2CCC([C@@H](O)c3ccccc3)CC2)cs1. The fourth-order valence-corrected chi connectivity index (χ4v) is 3.99. The van der Waals surface area contributed by atoms with Crippen molar-refractivity contribution >= 4 is 17.2 Å². The Hall–Kier alpha value is -1.72. The number of amides is 1. The molecule has 2 aromatic rings. The number of aryl methyl sites for hydroxylation is 1. The van der Waals surface area contributed by atoms with E-state index in [-0.39, 0.29) is 11.8 Å². The number of benzene rings is 1. The Morgan fingerprint density at radius 2 is 2.04 bits per heavy atom. The van der Waals surface area contributed by atoms with E-state index in [1.807, 2.05) is 40.6 Å². The van der Waals surface area contributed by atoms with Crippen molar-refractivity contribution in [1.29, 1.82) is 0 Å². The molecule has 3 rings (SSSR count). The number of piperidine rings is 1. The molecular formula is C19H24N2O2S. The molecule has 1 aromatic carbocycles. The summed E-state index contributed by atoms with van der Waals surface area (Å²) in [5.74, 6) is 0.373. The fraction of sp³-hybridized carbons (Fsp3) is 0.474. The lowest BCUT2D eigenvalue weighted by Gasteiger charge is -2.34. The maximum atomic E-state index is 12.4. The molecule has 0 bridgehead atoms. The van der Waals surface area contributed by atoms with Gasteiger partial charge in [0, 0.05) is 18.5 Å². The Bertz CT molecular complexity index is 663. The highest BCUT2D eigenvalue weighted by Gasteiger charge is 2.28. The van der Waals surface area contributed by atoms with Crippen LogP contribution in [0.4, 0.5) is 0 Å². The second-order valence-electron chi connectivity index (χ2n) is 6.34. The molecule has 1 saturated heterocycles. The maximum Gasteiger partial charge on any atom is 0.228 e. The minimum absolute atomic E-state index is 0.149. The van der Waals surface area contributed by atoms with E-state index in [0.717, 1.165) is 48.6 Å². The van der Waals surface area contributed by atoms with Gasteiger partial charge in [0.15, 0.2) is 0 Å². The van der Waals surface area contributed by atoms with Crippen LogP contribution in [0.15, 0.2) is 35.7 Å². The van der Waals surface area contributed by atoms with Crippen LogP contribution in [-0.2, 0) is 17.6 Å². The first kappa shape index (κ1) is 17.1. The van der Waals surface area contributed by atoms with Gasteiger partial charge in [-0.1, -0.05) is 37.3 Å². The van der Waals surface area contributed by atoms with Crippen LogP contribution in [0.5, 0.6) is 0 Å². The number of aliphatic hydroxyl groups is 1. The standard InChI is InChI=1S/C19H24N2O2S/c1-2-17-20-16(13-24-17)12-18(22)21-10-8-15(9-11-21)19(23)14-6-4-3-5-7-14/h3-7,13,15,19,23H,2,8-12H2,1H3/t19-/m0/s1. The van der Waals surface area contributed by atoms with E-state index in [1.165, 1.54) is 0 Å². The van der Waals surface area contributed by atoms with Gasteiger partial charge in [0.05, 0.1) is 23.2 Å². The molecule has 5 heteroatoms. The van der Waals surface area contributed by atoms with Gasteiger partial charge >= 0.3 is 0 Å². The van der Waals surface area contributed by atoms with Crippen LogP contribution >= 0.6 is 11.3 Å². The number of aliphatic hydroxyl groups excluding tert-OH is 1. The average Bonchev–Trinajstić information content (AvgIpc) is 3.09. The summed E-state index contributed by atoms with van der Waals surface area (Å²) < 4.78 is 0. The van der Waals surface area contributed by atoms with Crippen molar-refractivity contribution in [2.45, 2.75) is 38.7 Å². The highest BCUT2D eigenvalue weighted by Crippen LogP contribution is 2.30. The lowest BCUT2D eigenvalue weighted by Crippen LogP contribution is -2.40. The second-order valence-corrected chi connectivity index (χ2v) is 7.28. The van der Waals surface area contributed by atoms with Crippen LogP contribution in [-0.4, -0.2) is 34.0 Å². The molecule has 1 amide bonds. The van der Waals surface area contributed by atoms with E-state index in [0.29, 0.717) is 6.42 Å². The highest BCUT2D eigenvalue weighted by molar-refractivity contribution is 7.09. The third-order valence-electron chi connectivity index (χ3n) is 4.71. The van der Waals surface area contributed by atoms with Gasteiger partial charge in [-0.2, -0.15) is 0 Å². The molecule has 0 spiro atoms. The van der Waals surface area contributed by atoms with Crippen molar-refractivity contribution in [3.05, 3.63) is 52.0 Å². The zero-order chi connectivity index (χ0) is 16.9. The number of carbonyl (C=O) groups excluding carboxylic acids is 1. The minimum atomic E-state index is -0.436. The number of aromatic nitrogens is 1. The Labute approximate surface area is 147 Å². The summed E-state index contributed by atoms with van der Waals surface area (Å²) in [7, 11) is 0. The van der Waals surface area contributed by atoms with Crippen LogP contribution in [0.1, 0.15) is 42.1 Å². The predicted molar refractivity (Wildman–Crippen MR) is 95.9 cm³/mol. The molecule has 24 heavy (non-hydrogen) atoms. The van der Waals surface area contributed by atoms with Crippen molar-refractivity contribution in [2.24, 2.45) is 5.92 Å². The number of hydrogen-bond acceptors (Lipinski definition) is 4. The molecule has 1 aliphatic rings. The van der Waals surface area contributed by atoms with E-state index < -0.39 is 6.10 Å². The number of carbonyl (C=O) groups is 1. The third-order valence-corrected chi connectivity index (χ3v) is 5.76. The zero-order valence-corrected chi connectivity index (χ0v) is 14.8. The van der Waals surface area contributed by atoms with E-state index in [4.69, 9.17) is 0 Å². The zero-order valence-electron chi connectivity index (χ0n) is 14.0. The molecule has 1 atom stereocenters. The van der Waals surface area contributed by atoms with E-state index in [2.05, 4.69) is 11.9 Å². The number of thiazole rings is 1. The van der Waals surface area contributed by atoms with Gasteiger partial charge in [0.25, 0.3) is 0 Å². The van der Waals surface area contributed by atoms with Gasteiger partial charge in [-0.15, -0.1) is 11.3 Å². The molecule has 4 nitrogen and oxygen atoms in total. The molecule has 0 saturated carbocycles. The molecule has 0 unspecified atom stereocenters. The largest absolute Gasteiger partial charge is 0.388 e. The molecule has 128 valence electrons. The van der Waals surface area contributed by atoms with Crippen molar-refractivity contribution in [3.63, 3.8) is 0 Å². The Morgan fingerprint density at radius 1 is 1.33 bits per heavy atom. The first-order valence-corrected chi connectivity index (χ1v) is 9.49. The van der Waals surface area contributed by atoms with Crippen LogP contribution < -0.4 is 0 Å². The molecular weight excluding hydrogens is 320 g/mol. The molecule has 0 aliphatic carbocycles. The van der Waals surface area contributed by atoms with Crippen LogP contribution in [0.2, 0.25) is 0 Å². The monoisotopic (exact) mass is 344 g/mol. The summed E-state index contributed by atoms with van der Waals surface area (Å²) in [4.78, 5) is 18.8. The number of rotatable bonds is 5. The Balaban J connectivity index is 1.52.